The van der Waals surface area contributed by atoms with Crippen LogP contribution >= 0.6 is 0 Å². The predicted molar refractivity (Wildman–Crippen MR) is 101 cm³/mol. The summed E-state index contributed by atoms with van der Waals surface area (Å²) in [7, 11) is 0. The number of amides is 2. The molecule has 0 saturated heterocycles. The van der Waals surface area contributed by atoms with Gasteiger partial charge in [0.05, 0.1) is 17.9 Å². The van der Waals surface area contributed by atoms with Gasteiger partial charge in [0.25, 0.3) is 5.91 Å². The third-order valence-corrected chi connectivity index (χ3v) is 4.25. The number of para-hydroxylation sites is 2. The first-order chi connectivity index (χ1) is 12.7. The van der Waals surface area contributed by atoms with Gasteiger partial charge in [-0.3, -0.25) is 9.59 Å². The van der Waals surface area contributed by atoms with Gasteiger partial charge in [-0.1, -0.05) is 30.3 Å². The maximum Gasteiger partial charge on any atom is 0.253 e. The van der Waals surface area contributed by atoms with Crippen molar-refractivity contribution in [1.29, 1.82) is 0 Å². The van der Waals surface area contributed by atoms with Crippen LogP contribution in [0.15, 0.2) is 48.5 Å². The lowest BCUT2D eigenvalue weighted by Gasteiger charge is -2.12. The molecule has 5 nitrogen and oxygen atoms in total. The Balaban J connectivity index is 1.61. The molecule has 0 aromatic heterocycles. The van der Waals surface area contributed by atoms with Crippen molar-refractivity contribution in [3.05, 3.63) is 59.7 Å². The quantitative estimate of drug-likeness (QED) is 0.763. The highest BCUT2D eigenvalue weighted by atomic mass is 16.5. The lowest BCUT2D eigenvalue weighted by atomic mass is 10.1. The second-order valence-corrected chi connectivity index (χ2v) is 6.38. The average Bonchev–Trinajstić information content (AvgIpc) is 3.45. The van der Waals surface area contributed by atoms with Gasteiger partial charge in [-0.2, -0.15) is 0 Å². The molecule has 0 bridgehead atoms. The van der Waals surface area contributed by atoms with Crippen LogP contribution in [-0.2, 0) is 11.2 Å². The van der Waals surface area contributed by atoms with Gasteiger partial charge in [0.15, 0.2) is 0 Å². The number of anilines is 1. The normalized spacial score (nSPS) is 13.1. The van der Waals surface area contributed by atoms with Crippen LogP contribution in [0.25, 0.3) is 0 Å². The van der Waals surface area contributed by atoms with E-state index in [-0.39, 0.29) is 17.9 Å². The van der Waals surface area contributed by atoms with E-state index in [1.807, 2.05) is 37.3 Å². The first-order valence-corrected chi connectivity index (χ1v) is 9.08. The topological polar surface area (TPSA) is 67.4 Å². The largest absolute Gasteiger partial charge is 0.494 e. The summed E-state index contributed by atoms with van der Waals surface area (Å²) in [6.07, 6.45) is 2.96. The number of carbonyl (C=O) groups excluding carboxylic acids is 2. The fourth-order valence-corrected chi connectivity index (χ4v) is 2.75. The molecule has 0 atom stereocenters. The average molecular weight is 352 g/mol. The molecule has 0 radical (unpaired) electrons. The molecule has 0 spiro atoms. The molecule has 26 heavy (non-hydrogen) atoms. The number of carbonyl (C=O) groups is 2. The number of ether oxygens (including phenoxy) is 1. The number of aryl methyl sites for hydroxylation is 1. The number of benzene rings is 2. The Hall–Kier alpha value is -2.82. The molecule has 1 aliphatic rings. The molecule has 2 N–H and O–H groups in total. The summed E-state index contributed by atoms with van der Waals surface area (Å²) in [5, 5.41) is 5.82. The first-order valence-electron chi connectivity index (χ1n) is 9.08. The SMILES string of the molecule is CCOc1ccccc1CCC(=O)Nc1ccccc1C(=O)NC1CC1. The van der Waals surface area contributed by atoms with E-state index in [2.05, 4.69) is 10.6 Å². The lowest BCUT2D eigenvalue weighted by Crippen LogP contribution is -2.27. The van der Waals surface area contributed by atoms with Gasteiger partial charge in [-0.05, 0) is 49.9 Å². The van der Waals surface area contributed by atoms with Crippen molar-refractivity contribution < 1.29 is 14.3 Å². The van der Waals surface area contributed by atoms with Crippen molar-refractivity contribution >= 4 is 17.5 Å². The molecule has 1 saturated carbocycles. The van der Waals surface area contributed by atoms with E-state index in [1.54, 1.807) is 18.2 Å². The summed E-state index contributed by atoms with van der Waals surface area (Å²) in [4.78, 5) is 24.7. The van der Waals surface area contributed by atoms with E-state index in [9.17, 15) is 9.59 Å². The molecule has 1 aliphatic carbocycles. The molecule has 2 amide bonds. The molecule has 2 aromatic rings. The summed E-state index contributed by atoms with van der Waals surface area (Å²) < 4.78 is 5.60. The summed E-state index contributed by atoms with van der Waals surface area (Å²) in [5.41, 5.74) is 2.06. The zero-order valence-corrected chi connectivity index (χ0v) is 15.0. The van der Waals surface area contributed by atoms with Gasteiger partial charge in [-0.15, -0.1) is 0 Å². The van der Waals surface area contributed by atoms with E-state index in [1.165, 1.54) is 0 Å². The van der Waals surface area contributed by atoms with Gasteiger partial charge < -0.3 is 15.4 Å². The molecule has 136 valence electrons. The van der Waals surface area contributed by atoms with Crippen molar-refractivity contribution in [3.8, 4) is 5.75 Å². The number of rotatable bonds is 8. The number of hydrogen-bond donors (Lipinski definition) is 2. The van der Waals surface area contributed by atoms with E-state index in [0.717, 1.165) is 24.2 Å². The zero-order valence-electron chi connectivity index (χ0n) is 15.0. The highest BCUT2D eigenvalue weighted by molar-refractivity contribution is 6.03. The van der Waals surface area contributed by atoms with Crippen molar-refractivity contribution in [3.63, 3.8) is 0 Å². The standard InChI is InChI=1S/C21H24N2O3/c1-2-26-19-10-6-3-7-15(19)11-14-20(24)23-18-9-5-4-8-17(18)21(25)22-16-12-13-16/h3-10,16H,2,11-14H2,1H3,(H,22,25)(H,23,24). The van der Waals surface area contributed by atoms with Crippen LogP contribution in [0.2, 0.25) is 0 Å². The van der Waals surface area contributed by atoms with Gasteiger partial charge in [0.1, 0.15) is 5.75 Å². The Kier molecular flexibility index (Phi) is 5.89. The maximum absolute atomic E-state index is 12.4. The smallest absolute Gasteiger partial charge is 0.253 e. The molecule has 3 rings (SSSR count). The van der Waals surface area contributed by atoms with Gasteiger partial charge >= 0.3 is 0 Å². The monoisotopic (exact) mass is 352 g/mol. The van der Waals surface area contributed by atoms with E-state index >= 15 is 0 Å². The highest BCUT2D eigenvalue weighted by Gasteiger charge is 2.25. The molecular weight excluding hydrogens is 328 g/mol. The molecule has 5 heteroatoms. The Morgan fingerprint density at radius 3 is 2.58 bits per heavy atom. The summed E-state index contributed by atoms with van der Waals surface area (Å²) in [5.74, 6) is 0.556. The Morgan fingerprint density at radius 1 is 1.08 bits per heavy atom. The van der Waals surface area contributed by atoms with E-state index < -0.39 is 0 Å². The van der Waals surface area contributed by atoms with E-state index in [4.69, 9.17) is 4.74 Å². The summed E-state index contributed by atoms with van der Waals surface area (Å²) in [6.45, 7) is 2.53. The lowest BCUT2D eigenvalue weighted by molar-refractivity contribution is -0.116. The Morgan fingerprint density at radius 2 is 1.81 bits per heavy atom. The molecular formula is C21H24N2O3. The van der Waals surface area contributed by atoms with Crippen molar-refractivity contribution in [1.82, 2.24) is 5.32 Å². The molecule has 0 heterocycles. The second-order valence-electron chi connectivity index (χ2n) is 6.38. The number of nitrogens with one attached hydrogen (secondary N) is 2. The Labute approximate surface area is 153 Å². The third-order valence-electron chi connectivity index (χ3n) is 4.25. The van der Waals surface area contributed by atoms with Crippen LogP contribution in [0.1, 0.15) is 42.1 Å². The molecule has 0 unspecified atom stereocenters. The number of hydrogen-bond acceptors (Lipinski definition) is 3. The zero-order chi connectivity index (χ0) is 18.4. The van der Waals surface area contributed by atoms with Gasteiger partial charge in [0.2, 0.25) is 5.91 Å². The van der Waals surface area contributed by atoms with Crippen LogP contribution in [0.4, 0.5) is 5.69 Å². The molecule has 1 fully saturated rings. The fraction of sp³-hybridized carbons (Fsp3) is 0.333. The second kappa shape index (κ2) is 8.52. The predicted octanol–water partition coefficient (Wildman–Crippen LogP) is 3.55. The molecule has 2 aromatic carbocycles. The van der Waals surface area contributed by atoms with Crippen LogP contribution in [-0.4, -0.2) is 24.5 Å². The van der Waals surface area contributed by atoms with Crippen molar-refractivity contribution in [2.45, 2.75) is 38.6 Å². The highest BCUT2D eigenvalue weighted by Crippen LogP contribution is 2.22. The Bertz CT molecular complexity index is 784. The first kappa shape index (κ1) is 18.0. The van der Waals surface area contributed by atoms with Crippen molar-refractivity contribution in [2.24, 2.45) is 0 Å². The summed E-state index contributed by atoms with van der Waals surface area (Å²) in [6, 6.07) is 15.1. The van der Waals surface area contributed by atoms with Gasteiger partial charge in [-0.25, -0.2) is 0 Å². The minimum atomic E-state index is -0.134. The minimum absolute atomic E-state index is 0.122. The maximum atomic E-state index is 12.4. The van der Waals surface area contributed by atoms with Crippen LogP contribution in [0.5, 0.6) is 5.75 Å². The summed E-state index contributed by atoms with van der Waals surface area (Å²) >= 11 is 0. The van der Waals surface area contributed by atoms with Crippen LogP contribution in [0.3, 0.4) is 0 Å². The fourth-order valence-electron chi connectivity index (χ4n) is 2.75. The van der Waals surface area contributed by atoms with E-state index in [0.29, 0.717) is 30.7 Å². The van der Waals surface area contributed by atoms with Crippen LogP contribution < -0.4 is 15.4 Å². The third kappa shape index (κ3) is 4.85. The van der Waals surface area contributed by atoms with Gasteiger partial charge in [0, 0.05) is 12.5 Å². The minimum Gasteiger partial charge on any atom is -0.494 e. The molecule has 0 aliphatic heterocycles. The van der Waals surface area contributed by atoms with Crippen LogP contribution in [0, 0.1) is 0 Å². The van der Waals surface area contributed by atoms with Crippen molar-refractivity contribution in [2.75, 3.05) is 11.9 Å².